The van der Waals surface area contributed by atoms with Crippen LogP contribution in [-0.4, -0.2) is 67.4 Å². The fraction of sp³-hybridized carbons (Fsp3) is 0.533. The van der Waals surface area contributed by atoms with Crippen molar-refractivity contribution in [2.75, 3.05) is 0 Å². The smallest absolute Gasteiger partial charge is 0.190 e. The fourth-order valence-electron chi connectivity index (χ4n) is 2.29. The summed E-state index contributed by atoms with van der Waals surface area (Å²) in [5, 5.41) is 48.9. The molecule has 5 N–H and O–H groups in total. The van der Waals surface area contributed by atoms with E-state index >= 15 is 0 Å². The molecule has 7 nitrogen and oxygen atoms in total. The van der Waals surface area contributed by atoms with Gasteiger partial charge in [-0.15, -0.1) is 0 Å². The van der Waals surface area contributed by atoms with Crippen LogP contribution in [0.1, 0.15) is 13.8 Å². The first-order valence-electron chi connectivity index (χ1n) is 6.91. The molecule has 0 spiro atoms. The van der Waals surface area contributed by atoms with Crippen LogP contribution < -0.4 is 0 Å². The molecule has 22 heavy (non-hydrogen) atoms. The van der Waals surface area contributed by atoms with Crippen molar-refractivity contribution in [3.8, 4) is 0 Å². The number of ether oxygens (including phenoxy) is 1. The van der Waals surface area contributed by atoms with Crippen molar-refractivity contribution in [3.05, 3.63) is 35.6 Å². The van der Waals surface area contributed by atoms with Crippen molar-refractivity contribution in [1.82, 2.24) is 0 Å². The first-order chi connectivity index (χ1) is 10.2. The van der Waals surface area contributed by atoms with Gasteiger partial charge < -0.3 is 30.3 Å². The summed E-state index contributed by atoms with van der Waals surface area (Å²) in [6.07, 6.45) is -0.827. The van der Waals surface area contributed by atoms with Crippen LogP contribution >= 0.6 is 0 Å². The minimum Gasteiger partial charge on any atom is -0.490 e. The van der Waals surface area contributed by atoms with E-state index in [0.29, 0.717) is 0 Å². The Hall–Kier alpha value is -1.51. The number of aliphatic hydroxyl groups is 5. The van der Waals surface area contributed by atoms with Crippen LogP contribution in [0.2, 0.25) is 0 Å². The van der Waals surface area contributed by atoms with Gasteiger partial charge in [0.1, 0.15) is 18.3 Å². The van der Waals surface area contributed by atoms with Gasteiger partial charge in [-0.2, -0.15) is 0 Å². The molecule has 6 atom stereocenters. The predicted octanol–water partition coefficient (Wildman–Crippen LogP) is -1.45. The molecule has 0 aromatic rings. The molecular weight excluding hydrogens is 292 g/mol. The van der Waals surface area contributed by atoms with Crippen molar-refractivity contribution in [1.29, 1.82) is 0 Å². The van der Waals surface area contributed by atoms with Gasteiger partial charge in [-0.25, -0.2) is 0 Å². The molecule has 2 aliphatic rings. The van der Waals surface area contributed by atoms with Gasteiger partial charge >= 0.3 is 0 Å². The highest BCUT2D eigenvalue weighted by Gasteiger charge is 2.47. The largest absolute Gasteiger partial charge is 0.490 e. The lowest BCUT2D eigenvalue weighted by atomic mass is 9.76. The molecule has 0 aromatic heterocycles. The van der Waals surface area contributed by atoms with Gasteiger partial charge in [-0.1, -0.05) is 6.08 Å². The Morgan fingerprint density at radius 2 is 1.95 bits per heavy atom. The van der Waals surface area contributed by atoms with E-state index in [1.165, 1.54) is 32.3 Å². The number of fused-ring (bicyclic) bond motifs is 1. The number of aliphatic hydroxyl groups excluding tert-OH is 4. The lowest BCUT2D eigenvalue weighted by Gasteiger charge is -2.38. The number of rotatable bonds is 3. The Morgan fingerprint density at radius 3 is 2.55 bits per heavy atom. The first kappa shape index (κ1) is 16.9. The van der Waals surface area contributed by atoms with Gasteiger partial charge in [-0.3, -0.25) is 4.79 Å². The minimum absolute atomic E-state index is 0.137. The number of hydrogen-bond donors (Lipinski definition) is 5. The zero-order valence-corrected chi connectivity index (χ0v) is 12.2. The predicted molar refractivity (Wildman–Crippen MR) is 75.5 cm³/mol. The molecule has 7 heteroatoms. The highest BCUT2D eigenvalue weighted by Crippen LogP contribution is 2.36. The molecular formula is C15H20O7. The van der Waals surface area contributed by atoms with E-state index in [4.69, 9.17) is 4.74 Å². The molecule has 1 aliphatic carbocycles. The number of hydrogen-bond acceptors (Lipinski definition) is 7. The quantitative estimate of drug-likeness (QED) is 0.403. The summed E-state index contributed by atoms with van der Waals surface area (Å²) >= 11 is 0. The summed E-state index contributed by atoms with van der Waals surface area (Å²) in [5.41, 5.74) is -1.67. The van der Waals surface area contributed by atoms with E-state index in [-0.39, 0.29) is 11.1 Å². The van der Waals surface area contributed by atoms with E-state index in [0.717, 1.165) is 6.08 Å². The van der Waals surface area contributed by atoms with Crippen molar-refractivity contribution in [2.24, 2.45) is 0 Å². The van der Waals surface area contributed by atoms with E-state index in [2.05, 4.69) is 0 Å². The molecule has 0 saturated heterocycles. The minimum atomic E-state index is -1.97. The fourth-order valence-corrected chi connectivity index (χ4v) is 2.29. The van der Waals surface area contributed by atoms with Gasteiger partial charge in [0.2, 0.25) is 0 Å². The third-order valence-electron chi connectivity index (χ3n) is 3.92. The maximum Gasteiger partial charge on any atom is 0.190 e. The molecule has 2 unspecified atom stereocenters. The molecule has 122 valence electrons. The number of ketones is 1. The van der Waals surface area contributed by atoms with Crippen molar-refractivity contribution >= 4 is 5.78 Å². The van der Waals surface area contributed by atoms with E-state index < -0.39 is 41.9 Å². The summed E-state index contributed by atoms with van der Waals surface area (Å²) in [4.78, 5) is 11.8. The van der Waals surface area contributed by atoms with Gasteiger partial charge in [0.25, 0.3) is 0 Å². The number of carbonyl (C=O) groups is 1. The average molecular weight is 312 g/mol. The average Bonchev–Trinajstić information content (AvgIpc) is 2.45. The monoisotopic (exact) mass is 312 g/mol. The van der Waals surface area contributed by atoms with Crippen molar-refractivity contribution in [3.63, 3.8) is 0 Å². The normalized spacial score (nSPS) is 38.0. The van der Waals surface area contributed by atoms with Gasteiger partial charge in [0, 0.05) is 5.57 Å². The first-order valence-corrected chi connectivity index (χ1v) is 6.91. The molecule has 0 bridgehead atoms. The molecule has 0 amide bonds. The maximum absolute atomic E-state index is 11.8. The number of carbonyl (C=O) groups excluding carboxylic acids is 1. The lowest BCUT2D eigenvalue weighted by molar-refractivity contribution is -0.141. The molecule has 0 aromatic carbocycles. The van der Waals surface area contributed by atoms with Crippen molar-refractivity contribution in [2.45, 2.75) is 50.0 Å². The van der Waals surface area contributed by atoms with Crippen LogP contribution in [0.3, 0.4) is 0 Å². The Balaban J connectivity index is 2.26. The zero-order valence-electron chi connectivity index (χ0n) is 12.2. The summed E-state index contributed by atoms with van der Waals surface area (Å²) < 4.78 is 5.27. The SMILES string of the molecule is CC(O)C(O)C=C[C@H]1OC=C2C(=CC(=O)[C@@](C)(O)[C@H]2O)[C@@H]1O. The molecule has 0 fully saturated rings. The van der Waals surface area contributed by atoms with Crippen LogP contribution in [0.5, 0.6) is 0 Å². The second-order valence-electron chi connectivity index (χ2n) is 5.75. The highest BCUT2D eigenvalue weighted by molar-refractivity contribution is 6.00. The van der Waals surface area contributed by atoms with Crippen LogP contribution in [-0.2, 0) is 9.53 Å². The third kappa shape index (κ3) is 2.86. The Kier molecular flexibility index (Phi) is 4.55. The van der Waals surface area contributed by atoms with E-state index in [9.17, 15) is 30.3 Å². The van der Waals surface area contributed by atoms with Gasteiger partial charge in [0.05, 0.1) is 18.5 Å². The zero-order chi connectivity index (χ0) is 16.7. The second-order valence-corrected chi connectivity index (χ2v) is 5.75. The Morgan fingerprint density at radius 1 is 1.32 bits per heavy atom. The van der Waals surface area contributed by atoms with Crippen molar-refractivity contribution < 1.29 is 35.1 Å². The molecule has 2 rings (SSSR count). The standard InChI is InChI=1S/C15H20O7/c1-7(16)10(17)3-4-11-13(19)8-5-12(18)15(2,21)14(20)9(8)6-22-11/h3-7,10-11,13-14,16-17,19-21H,1-2H3/t7?,10?,11-,13+,14+,15-/m1/s1. The van der Waals surface area contributed by atoms with Crippen LogP contribution in [0.4, 0.5) is 0 Å². The molecule has 0 radical (unpaired) electrons. The van der Waals surface area contributed by atoms with Crippen LogP contribution in [0.15, 0.2) is 35.6 Å². The van der Waals surface area contributed by atoms with Crippen LogP contribution in [0.25, 0.3) is 0 Å². The molecule has 1 heterocycles. The van der Waals surface area contributed by atoms with E-state index in [1.807, 2.05) is 0 Å². The second kappa shape index (κ2) is 5.94. The maximum atomic E-state index is 11.8. The summed E-state index contributed by atoms with van der Waals surface area (Å²) in [6.45, 7) is 2.59. The van der Waals surface area contributed by atoms with Crippen LogP contribution in [0, 0.1) is 0 Å². The summed E-state index contributed by atoms with van der Waals surface area (Å²) in [6, 6.07) is 0. The Bertz CT molecular complexity index is 544. The highest BCUT2D eigenvalue weighted by atomic mass is 16.5. The molecule has 0 saturated carbocycles. The van der Waals surface area contributed by atoms with Gasteiger partial charge in [-0.05, 0) is 31.6 Å². The summed E-state index contributed by atoms with van der Waals surface area (Å²) in [5.74, 6) is -0.708. The molecule has 1 aliphatic heterocycles. The van der Waals surface area contributed by atoms with Gasteiger partial charge in [0.15, 0.2) is 11.4 Å². The topological polar surface area (TPSA) is 127 Å². The summed E-state index contributed by atoms with van der Waals surface area (Å²) in [7, 11) is 0. The lowest BCUT2D eigenvalue weighted by Crippen LogP contribution is -2.52. The third-order valence-corrected chi connectivity index (χ3v) is 3.92. The van der Waals surface area contributed by atoms with E-state index in [1.54, 1.807) is 0 Å². The Labute approximate surface area is 127 Å².